The lowest BCUT2D eigenvalue weighted by Crippen LogP contribution is -2.46. The number of carbonyl (C=O) groups excluding carboxylic acids is 1. The number of aliphatic hydroxyl groups is 1. The number of rotatable bonds is 7. The lowest BCUT2D eigenvalue weighted by atomic mass is 9.97. The number of alkyl halides is 3. The third-order valence-corrected chi connectivity index (χ3v) is 6.28. The Hall–Kier alpha value is -3.38. The van der Waals surface area contributed by atoms with Crippen molar-refractivity contribution >= 4 is 27.3 Å². The summed E-state index contributed by atoms with van der Waals surface area (Å²) in [6.45, 7) is 1.62. The van der Waals surface area contributed by atoms with Gasteiger partial charge in [0.15, 0.2) is 5.82 Å². The number of nitrogens with zero attached hydrogens (tertiary/aromatic N) is 2. The lowest BCUT2D eigenvalue weighted by Gasteiger charge is -2.29. The van der Waals surface area contributed by atoms with Crippen LogP contribution in [-0.4, -0.2) is 35.2 Å². The van der Waals surface area contributed by atoms with Crippen molar-refractivity contribution < 1.29 is 31.5 Å². The Morgan fingerprint density at radius 1 is 1.15 bits per heavy atom. The van der Waals surface area contributed by atoms with Crippen molar-refractivity contribution in [2.75, 3.05) is 10.0 Å². The summed E-state index contributed by atoms with van der Waals surface area (Å²) >= 11 is 0. The minimum absolute atomic E-state index is 0.0177. The Balaban J connectivity index is 1.82. The summed E-state index contributed by atoms with van der Waals surface area (Å²) in [5.74, 6) is -1.87. The van der Waals surface area contributed by atoms with Gasteiger partial charge >= 0.3 is 6.18 Å². The Bertz CT molecular complexity index is 1260. The molecule has 0 aliphatic rings. The number of hydrogen-bond donors (Lipinski definition) is 3. The van der Waals surface area contributed by atoms with Gasteiger partial charge in [0.25, 0.3) is 10.0 Å². The molecule has 8 nitrogen and oxygen atoms in total. The Morgan fingerprint density at radius 3 is 2.39 bits per heavy atom. The van der Waals surface area contributed by atoms with Gasteiger partial charge in [-0.15, -0.1) is 0 Å². The molecule has 0 radical (unpaired) electrons. The van der Waals surface area contributed by atoms with Crippen LogP contribution in [0.4, 0.5) is 24.5 Å². The lowest BCUT2D eigenvalue weighted by molar-refractivity contribution is -0.270. The van der Waals surface area contributed by atoms with Crippen molar-refractivity contribution in [2.24, 2.45) is 7.05 Å². The highest BCUT2D eigenvalue weighted by Gasteiger charge is 2.58. The van der Waals surface area contributed by atoms with E-state index in [-0.39, 0.29) is 16.3 Å². The maximum atomic E-state index is 13.7. The van der Waals surface area contributed by atoms with Crippen LogP contribution in [-0.2, 0) is 27.5 Å². The predicted molar refractivity (Wildman–Crippen MR) is 115 cm³/mol. The highest BCUT2D eigenvalue weighted by Crippen LogP contribution is 2.41. The quantitative estimate of drug-likeness (QED) is 0.478. The summed E-state index contributed by atoms with van der Waals surface area (Å²) in [7, 11) is -2.66. The number of sulfonamides is 1. The molecular weight excluding hydrogens is 461 g/mol. The summed E-state index contributed by atoms with van der Waals surface area (Å²) in [5.41, 5.74) is -2.82. The van der Waals surface area contributed by atoms with Crippen molar-refractivity contribution in [3.63, 3.8) is 0 Å². The standard InChI is InChI=1S/C21H21F3N4O4S/c1-14-8-9-15(12-17(14)27-33(31,32)16-6-4-3-5-7-16)26-18(29)13-20(30,21(22,23)24)19-25-10-11-28(19)2/h3-12,27,30H,13H2,1-2H3,(H,26,29). The molecule has 3 N–H and O–H groups in total. The molecule has 1 atom stereocenters. The van der Waals surface area contributed by atoms with Crippen molar-refractivity contribution in [1.29, 1.82) is 0 Å². The first-order valence-electron chi connectivity index (χ1n) is 9.59. The largest absolute Gasteiger partial charge is 0.425 e. The maximum Gasteiger partial charge on any atom is 0.425 e. The van der Waals surface area contributed by atoms with Gasteiger partial charge in [-0.3, -0.25) is 9.52 Å². The van der Waals surface area contributed by atoms with E-state index in [4.69, 9.17) is 0 Å². The molecule has 0 bridgehead atoms. The van der Waals surface area contributed by atoms with Crippen LogP contribution in [0, 0.1) is 6.92 Å². The zero-order valence-electron chi connectivity index (χ0n) is 17.6. The third-order valence-electron chi connectivity index (χ3n) is 4.90. The first kappa shape index (κ1) is 24.3. The van der Waals surface area contributed by atoms with Gasteiger partial charge in [-0.05, 0) is 36.8 Å². The number of aryl methyl sites for hydroxylation is 2. The van der Waals surface area contributed by atoms with Crippen molar-refractivity contribution in [1.82, 2.24) is 9.55 Å². The molecule has 0 fully saturated rings. The smallest absolute Gasteiger partial charge is 0.374 e. The van der Waals surface area contributed by atoms with Crippen LogP contribution < -0.4 is 10.0 Å². The van der Waals surface area contributed by atoms with Crippen LogP contribution in [0.15, 0.2) is 65.8 Å². The molecule has 0 aliphatic heterocycles. The number of aromatic nitrogens is 2. The number of imidazole rings is 1. The molecule has 3 aromatic rings. The molecule has 1 unspecified atom stereocenters. The zero-order valence-corrected chi connectivity index (χ0v) is 18.4. The van der Waals surface area contributed by atoms with Gasteiger partial charge in [0.2, 0.25) is 11.5 Å². The molecule has 0 spiro atoms. The fraction of sp³-hybridized carbons (Fsp3) is 0.238. The fourth-order valence-electron chi connectivity index (χ4n) is 3.12. The molecule has 0 saturated heterocycles. The molecule has 33 heavy (non-hydrogen) atoms. The van der Waals surface area contributed by atoms with Crippen LogP contribution >= 0.6 is 0 Å². The summed E-state index contributed by atoms with van der Waals surface area (Å²) in [5, 5.41) is 12.6. The predicted octanol–water partition coefficient (Wildman–Crippen LogP) is 3.31. The van der Waals surface area contributed by atoms with Crippen molar-refractivity contribution in [2.45, 2.75) is 30.0 Å². The molecule has 2 aromatic carbocycles. The van der Waals surface area contributed by atoms with Crippen LogP contribution in [0.2, 0.25) is 0 Å². The van der Waals surface area contributed by atoms with E-state index < -0.39 is 40.0 Å². The molecule has 12 heteroatoms. The number of amides is 1. The van der Waals surface area contributed by atoms with Gasteiger partial charge in [0, 0.05) is 25.1 Å². The fourth-order valence-corrected chi connectivity index (χ4v) is 4.26. The Labute approximate surface area is 188 Å². The average Bonchev–Trinajstić information content (AvgIpc) is 3.16. The highest BCUT2D eigenvalue weighted by molar-refractivity contribution is 7.92. The molecule has 0 aliphatic carbocycles. The summed E-state index contributed by atoms with van der Waals surface area (Å²) in [6, 6.07) is 11.8. The molecule has 3 rings (SSSR count). The van der Waals surface area contributed by atoms with Crippen molar-refractivity contribution in [3.05, 3.63) is 72.3 Å². The Kier molecular flexibility index (Phi) is 6.52. The molecule has 1 aromatic heterocycles. The summed E-state index contributed by atoms with van der Waals surface area (Å²) in [6.07, 6.45) is -4.22. The second kappa shape index (κ2) is 8.87. The van der Waals surface area contributed by atoms with Crippen LogP contribution in [0.3, 0.4) is 0 Å². The number of nitrogens with one attached hydrogen (secondary N) is 2. The molecule has 0 saturated carbocycles. The second-order valence-corrected chi connectivity index (χ2v) is 9.08. The zero-order chi connectivity index (χ0) is 24.4. The molecule has 1 amide bonds. The van der Waals surface area contributed by atoms with E-state index in [0.29, 0.717) is 5.56 Å². The number of hydrogen-bond acceptors (Lipinski definition) is 5. The van der Waals surface area contributed by atoms with E-state index in [2.05, 4.69) is 15.0 Å². The van der Waals surface area contributed by atoms with Gasteiger partial charge in [-0.1, -0.05) is 24.3 Å². The number of carbonyl (C=O) groups is 1. The first-order valence-corrected chi connectivity index (χ1v) is 11.1. The monoisotopic (exact) mass is 482 g/mol. The highest BCUT2D eigenvalue weighted by atomic mass is 32.2. The maximum absolute atomic E-state index is 13.7. The van der Waals surface area contributed by atoms with E-state index in [1.807, 2.05) is 0 Å². The van der Waals surface area contributed by atoms with E-state index in [9.17, 15) is 31.5 Å². The van der Waals surface area contributed by atoms with E-state index in [1.165, 1.54) is 43.6 Å². The number of benzene rings is 2. The normalized spacial score (nSPS) is 13.9. The van der Waals surface area contributed by atoms with Gasteiger partial charge in [-0.2, -0.15) is 13.2 Å². The van der Waals surface area contributed by atoms with Gasteiger partial charge < -0.3 is 15.0 Å². The van der Waals surface area contributed by atoms with E-state index >= 15 is 0 Å². The van der Waals surface area contributed by atoms with E-state index in [1.54, 1.807) is 25.1 Å². The molecule has 176 valence electrons. The first-order chi connectivity index (χ1) is 15.3. The Morgan fingerprint density at radius 2 is 1.82 bits per heavy atom. The molecule has 1 heterocycles. The van der Waals surface area contributed by atoms with Crippen LogP contribution in [0.1, 0.15) is 17.8 Å². The minimum atomic E-state index is -5.17. The van der Waals surface area contributed by atoms with Gasteiger partial charge in [0.05, 0.1) is 17.0 Å². The SMILES string of the molecule is Cc1ccc(NC(=O)CC(O)(c2nccn2C)C(F)(F)F)cc1NS(=O)(=O)c1ccccc1. The summed E-state index contributed by atoms with van der Waals surface area (Å²) in [4.78, 5) is 16.0. The van der Waals surface area contributed by atoms with Gasteiger partial charge in [0.1, 0.15) is 0 Å². The average molecular weight is 482 g/mol. The second-order valence-electron chi connectivity index (χ2n) is 7.39. The van der Waals surface area contributed by atoms with Gasteiger partial charge in [-0.25, -0.2) is 13.4 Å². The number of anilines is 2. The van der Waals surface area contributed by atoms with Crippen LogP contribution in [0.5, 0.6) is 0 Å². The van der Waals surface area contributed by atoms with E-state index in [0.717, 1.165) is 10.8 Å². The van der Waals surface area contributed by atoms with Crippen molar-refractivity contribution in [3.8, 4) is 0 Å². The topological polar surface area (TPSA) is 113 Å². The minimum Gasteiger partial charge on any atom is -0.374 e. The number of halogens is 3. The summed E-state index contributed by atoms with van der Waals surface area (Å²) < 4.78 is 69.5. The molecular formula is C21H21F3N4O4S. The third kappa shape index (κ3) is 5.17. The van der Waals surface area contributed by atoms with Crippen LogP contribution in [0.25, 0.3) is 0 Å².